The molecule has 6 nitrogen and oxygen atoms in total. The number of phenols is 1. The van der Waals surface area contributed by atoms with Gasteiger partial charge < -0.3 is 9.84 Å². The van der Waals surface area contributed by atoms with Crippen molar-refractivity contribution < 1.29 is 23.1 Å². The number of hydrogen-bond donors (Lipinski definition) is 2. The highest BCUT2D eigenvalue weighted by atomic mass is 32.2. The van der Waals surface area contributed by atoms with Crippen LogP contribution in [0.2, 0.25) is 0 Å². The summed E-state index contributed by atoms with van der Waals surface area (Å²) < 4.78 is 32.1. The highest BCUT2D eigenvalue weighted by Crippen LogP contribution is 2.18. The molecule has 7 heteroatoms. The lowest BCUT2D eigenvalue weighted by Crippen LogP contribution is -2.28. The third kappa shape index (κ3) is 4.19. The van der Waals surface area contributed by atoms with E-state index in [-0.39, 0.29) is 29.4 Å². The largest absolute Gasteiger partial charge is 0.508 e. The first kappa shape index (κ1) is 17.9. The van der Waals surface area contributed by atoms with E-state index < -0.39 is 16.0 Å². The fraction of sp³-hybridized carbons (Fsp3) is 0.105. The molecule has 3 rings (SSSR count). The summed E-state index contributed by atoms with van der Waals surface area (Å²) in [5.41, 5.74) is 0.278. The van der Waals surface area contributed by atoms with Crippen molar-refractivity contribution in [2.24, 2.45) is 0 Å². The molecule has 0 amide bonds. The molecular formula is C19H17NO5S. The Morgan fingerprint density at radius 1 is 0.962 bits per heavy atom. The lowest BCUT2D eigenvalue weighted by Gasteiger charge is -2.09. The summed E-state index contributed by atoms with van der Waals surface area (Å²) in [4.78, 5) is 12.0. The van der Waals surface area contributed by atoms with Gasteiger partial charge in [-0.25, -0.2) is 17.9 Å². The Kier molecular flexibility index (Phi) is 5.20. The minimum Gasteiger partial charge on any atom is -0.508 e. The zero-order chi connectivity index (χ0) is 18.6. The van der Waals surface area contributed by atoms with Crippen LogP contribution in [-0.4, -0.2) is 32.6 Å². The molecule has 0 aliphatic carbocycles. The number of hydrogen-bond acceptors (Lipinski definition) is 5. The Hall–Kier alpha value is -2.90. The Bertz CT molecular complexity index is 1030. The van der Waals surface area contributed by atoms with Crippen molar-refractivity contribution in [2.75, 3.05) is 13.2 Å². The van der Waals surface area contributed by atoms with Gasteiger partial charge in [-0.2, -0.15) is 0 Å². The highest BCUT2D eigenvalue weighted by Gasteiger charge is 2.14. The van der Waals surface area contributed by atoms with Crippen molar-refractivity contribution in [1.29, 1.82) is 0 Å². The molecule has 0 radical (unpaired) electrons. The van der Waals surface area contributed by atoms with E-state index in [0.29, 0.717) is 0 Å². The number of nitrogens with one attached hydrogen (secondary N) is 1. The smallest absolute Gasteiger partial charge is 0.338 e. The minimum absolute atomic E-state index is 0.0427. The Morgan fingerprint density at radius 3 is 2.38 bits per heavy atom. The molecule has 134 valence electrons. The molecule has 0 saturated heterocycles. The molecule has 0 aliphatic heterocycles. The van der Waals surface area contributed by atoms with Gasteiger partial charge in [0.1, 0.15) is 12.4 Å². The number of esters is 1. The topological polar surface area (TPSA) is 92.7 Å². The second-order valence-electron chi connectivity index (χ2n) is 5.59. The van der Waals surface area contributed by atoms with E-state index in [4.69, 9.17) is 4.74 Å². The van der Waals surface area contributed by atoms with E-state index >= 15 is 0 Å². The summed E-state index contributed by atoms with van der Waals surface area (Å²) in [5, 5.41) is 11.0. The van der Waals surface area contributed by atoms with Crippen LogP contribution in [-0.2, 0) is 14.8 Å². The standard InChI is InChI=1S/C19H17NO5S/c21-17-8-5-15(6-9-17)19(22)25-12-11-20-26(23,24)18-10-7-14-3-1-2-4-16(14)13-18/h1-10,13,20-21H,11-12H2. The first-order chi connectivity index (χ1) is 12.5. The molecule has 3 aromatic carbocycles. The van der Waals surface area contributed by atoms with Crippen LogP contribution in [0.5, 0.6) is 5.75 Å². The number of sulfonamides is 1. The molecule has 0 atom stereocenters. The average molecular weight is 371 g/mol. The summed E-state index contributed by atoms with van der Waals surface area (Å²) in [7, 11) is -3.69. The van der Waals surface area contributed by atoms with E-state index in [0.717, 1.165) is 10.8 Å². The highest BCUT2D eigenvalue weighted by molar-refractivity contribution is 7.89. The second kappa shape index (κ2) is 7.55. The second-order valence-corrected chi connectivity index (χ2v) is 7.36. The number of ether oxygens (including phenoxy) is 1. The molecule has 0 bridgehead atoms. The lowest BCUT2D eigenvalue weighted by molar-refractivity contribution is 0.0513. The maximum absolute atomic E-state index is 12.3. The molecule has 3 aromatic rings. The van der Waals surface area contributed by atoms with Gasteiger partial charge in [0.2, 0.25) is 10.0 Å². The molecule has 0 aliphatic rings. The normalized spacial score (nSPS) is 11.4. The van der Waals surface area contributed by atoms with E-state index in [1.54, 1.807) is 12.1 Å². The summed E-state index contributed by atoms with van der Waals surface area (Å²) in [6, 6.07) is 18.0. The lowest BCUT2D eigenvalue weighted by atomic mass is 10.1. The van der Waals surface area contributed by atoms with Crippen LogP contribution in [0.3, 0.4) is 0 Å². The number of fused-ring (bicyclic) bond motifs is 1. The van der Waals surface area contributed by atoms with Gasteiger partial charge in [-0.1, -0.05) is 30.3 Å². The zero-order valence-corrected chi connectivity index (χ0v) is 14.6. The van der Waals surface area contributed by atoms with Crippen LogP contribution in [0, 0.1) is 0 Å². The Balaban J connectivity index is 1.57. The van der Waals surface area contributed by atoms with Crippen molar-refractivity contribution in [2.45, 2.75) is 4.90 Å². The van der Waals surface area contributed by atoms with Crippen molar-refractivity contribution in [3.8, 4) is 5.75 Å². The fourth-order valence-corrected chi connectivity index (χ4v) is 3.47. The first-order valence-electron chi connectivity index (χ1n) is 7.90. The molecule has 26 heavy (non-hydrogen) atoms. The monoisotopic (exact) mass is 371 g/mol. The van der Waals surface area contributed by atoms with E-state index in [1.807, 2.05) is 24.3 Å². The van der Waals surface area contributed by atoms with Gasteiger partial charge in [-0.15, -0.1) is 0 Å². The van der Waals surface area contributed by atoms with E-state index in [1.165, 1.54) is 30.3 Å². The first-order valence-corrected chi connectivity index (χ1v) is 9.39. The number of phenolic OH excluding ortho intramolecular Hbond substituents is 1. The van der Waals surface area contributed by atoms with Gasteiger partial charge in [0.05, 0.1) is 10.5 Å². The molecule has 2 N–H and O–H groups in total. The van der Waals surface area contributed by atoms with E-state index in [2.05, 4.69) is 4.72 Å². The molecule has 0 spiro atoms. The summed E-state index contributed by atoms with van der Waals surface area (Å²) in [5.74, 6) is -0.542. The number of carbonyl (C=O) groups is 1. The zero-order valence-electron chi connectivity index (χ0n) is 13.8. The number of aromatic hydroxyl groups is 1. The SMILES string of the molecule is O=C(OCCNS(=O)(=O)c1ccc2ccccc2c1)c1ccc(O)cc1. The van der Waals surface area contributed by atoms with Gasteiger partial charge in [-0.05, 0) is 47.2 Å². The van der Waals surface area contributed by atoms with Crippen molar-refractivity contribution in [3.63, 3.8) is 0 Å². The predicted molar refractivity (Wildman–Crippen MR) is 97.5 cm³/mol. The maximum Gasteiger partial charge on any atom is 0.338 e. The molecular weight excluding hydrogens is 354 g/mol. The molecule has 0 heterocycles. The number of rotatable bonds is 6. The Morgan fingerprint density at radius 2 is 1.65 bits per heavy atom. The summed E-state index contributed by atoms with van der Waals surface area (Å²) >= 11 is 0. The van der Waals surface area contributed by atoms with Crippen molar-refractivity contribution in [3.05, 3.63) is 72.3 Å². The quantitative estimate of drug-likeness (QED) is 0.513. The summed E-state index contributed by atoms with van der Waals surface area (Å²) in [6.07, 6.45) is 0. The van der Waals surface area contributed by atoms with Gasteiger partial charge in [-0.3, -0.25) is 0 Å². The average Bonchev–Trinajstić information content (AvgIpc) is 2.65. The van der Waals surface area contributed by atoms with Gasteiger partial charge in [0.25, 0.3) is 0 Å². The van der Waals surface area contributed by atoms with Gasteiger partial charge >= 0.3 is 5.97 Å². The van der Waals surface area contributed by atoms with Crippen molar-refractivity contribution >= 4 is 26.8 Å². The van der Waals surface area contributed by atoms with Crippen LogP contribution in [0.4, 0.5) is 0 Å². The maximum atomic E-state index is 12.3. The molecule has 0 aromatic heterocycles. The van der Waals surface area contributed by atoms with Crippen molar-refractivity contribution in [1.82, 2.24) is 4.72 Å². The number of benzene rings is 3. The Labute approximate surface area is 151 Å². The van der Waals surface area contributed by atoms with Gasteiger partial charge in [0, 0.05) is 6.54 Å². The van der Waals surface area contributed by atoms with E-state index in [9.17, 15) is 18.3 Å². The molecule has 0 saturated carbocycles. The van der Waals surface area contributed by atoms with Crippen LogP contribution >= 0.6 is 0 Å². The van der Waals surface area contributed by atoms with Crippen LogP contribution in [0.15, 0.2) is 71.6 Å². The van der Waals surface area contributed by atoms with Crippen LogP contribution in [0.25, 0.3) is 10.8 Å². The molecule has 0 unspecified atom stereocenters. The molecule has 0 fully saturated rings. The van der Waals surface area contributed by atoms with Gasteiger partial charge in [0.15, 0.2) is 0 Å². The third-order valence-electron chi connectivity index (χ3n) is 3.76. The fourth-order valence-electron chi connectivity index (χ4n) is 2.42. The van der Waals surface area contributed by atoms with Crippen LogP contribution in [0.1, 0.15) is 10.4 Å². The van der Waals surface area contributed by atoms with Crippen LogP contribution < -0.4 is 4.72 Å². The minimum atomic E-state index is -3.69. The predicted octanol–water partition coefficient (Wildman–Crippen LogP) is 2.68. The third-order valence-corrected chi connectivity index (χ3v) is 5.22. The summed E-state index contributed by atoms with van der Waals surface area (Å²) in [6.45, 7) is -0.147. The number of carbonyl (C=O) groups excluding carboxylic acids is 1.